The monoisotopic (exact) mass is 381 g/mol. The molecule has 3 rings (SSSR count). The van der Waals surface area contributed by atoms with Crippen molar-refractivity contribution in [2.24, 2.45) is 0 Å². The molecule has 0 aliphatic carbocycles. The summed E-state index contributed by atoms with van der Waals surface area (Å²) in [6.07, 6.45) is 1.72. The number of piperidine rings is 1. The minimum absolute atomic E-state index is 0.202. The molecule has 4 heteroatoms. The summed E-state index contributed by atoms with van der Waals surface area (Å²) in [7, 11) is 0. The number of amides is 1. The summed E-state index contributed by atoms with van der Waals surface area (Å²) in [5.41, 5.74) is 3.21. The summed E-state index contributed by atoms with van der Waals surface area (Å²) >= 11 is 0. The Morgan fingerprint density at radius 2 is 1.75 bits per heavy atom. The fraction of sp³-hybridized carbons (Fsp3) is 0.458. The number of carbonyl (C=O) groups excluding carboxylic acids is 1. The van der Waals surface area contributed by atoms with Gasteiger partial charge in [-0.15, -0.1) is 0 Å². The van der Waals surface area contributed by atoms with Gasteiger partial charge in [-0.3, -0.25) is 0 Å². The lowest BCUT2D eigenvalue weighted by molar-refractivity contribution is 0.0205. The third kappa shape index (κ3) is 5.51. The SMILES string of the molecule is Cc1cc(C2CCN(C(=O)OC(C)(C)C)CC2)ccc1OCc1ccccc1. The van der Waals surface area contributed by atoms with Gasteiger partial charge in [-0.05, 0) is 69.2 Å². The Hall–Kier alpha value is -2.49. The van der Waals surface area contributed by atoms with Crippen LogP contribution in [0.3, 0.4) is 0 Å². The molecule has 1 aliphatic rings. The number of aryl methyl sites for hydroxylation is 1. The van der Waals surface area contributed by atoms with E-state index >= 15 is 0 Å². The predicted molar refractivity (Wildman–Crippen MR) is 112 cm³/mol. The van der Waals surface area contributed by atoms with Crippen molar-refractivity contribution in [2.45, 2.75) is 58.7 Å². The molecule has 1 saturated heterocycles. The first kappa shape index (κ1) is 20.2. The lowest BCUT2D eigenvalue weighted by Crippen LogP contribution is -2.41. The summed E-state index contributed by atoms with van der Waals surface area (Å²) in [5, 5.41) is 0. The molecular formula is C24H31NO3. The highest BCUT2D eigenvalue weighted by molar-refractivity contribution is 5.68. The van der Waals surface area contributed by atoms with Crippen molar-refractivity contribution in [1.29, 1.82) is 0 Å². The normalized spacial score (nSPS) is 15.4. The van der Waals surface area contributed by atoms with Crippen LogP contribution in [-0.2, 0) is 11.3 Å². The average molecular weight is 382 g/mol. The predicted octanol–water partition coefficient (Wildman–Crippen LogP) is 5.69. The second-order valence-corrected chi connectivity index (χ2v) is 8.54. The Kier molecular flexibility index (Phi) is 6.28. The van der Waals surface area contributed by atoms with E-state index in [1.807, 2.05) is 43.9 Å². The lowest BCUT2D eigenvalue weighted by atomic mass is 9.88. The zero-order chi connectivity index (χ0) is 20.1. The Morgan fingerprint density at radius 1 is 1.07 bits per heavy atom. The van der Waals surface area contributed by atoms with E-state index in [1.54, 1.807) is 0 Å². The molecule has 1 amide bonds. The Bertz CT molecular complexity index is 787. The summed E-state index contributed by atoms with van der Waals surface area (Å²) in [5.74, 6) is 1.40. The molecule has 0 radical (unpaired) electrons. The van der Waals surface area contributed by atoms with Gasteiger partial charge in [-0.2, -0.15) is 0 Å². The number of benzene rings is 2. The van der Waals surface area contributed by atoms with Gasteiger partial charge in [0, 0.05) is 13.1 Å². The summed E-state index contributed by atoms with van der Waals surface area (Å²) in [6, 6.07) is 16.7. The van der Waals surface area contributed by atoms with Gasteiger partial charge in [0.2, 0.25) is 0 Å². The van der Waals surface area contributed by atoms with Crippen LogP contribution < -0.4 is 4.74 Å². The maximum absolute atomic E-state index is 12.2. The van der Waals surface area contributed by atoms with Crippen molar-refractivity contribution in [3.8, 4) is 5.75 Å². The van der Waals surface area contributed by atoms with Crippen LogP contribution in [0.1, 0.15) is 56.2 Å². The highest BCUT2D eigenvalue weighted by Crippen LogP contribution is 2.31. The zero-order valence-corrected chi connectivity index (χ0v) is 17.4. The number of hydrogen-bond acceptors (Lipinski definition) is 3. The number of ether oxygens (including phenoxy) is 2. The minimum Gasteiger partial charge on any atom is -0.489 e. The number of hydrogen-bond donors (Lipinski definition) is 0. The van der Waals surface area contributed by atoms with Gasteiger partial charge >= 0.3 is 6.09 Å². The number of rotatable bonds is 4. The van der Waals surface area contributed by atoms with Gasteiger partial charge in [0.05, 0.1) is 0 Å². The van der Waals surface area contributed by atoms with E-state index in [2.05, 4.69) is 37.3 Å². The molecule has 2 aromatic carbocycles. The average Bonchev–Trinajstić information content (AvgIpc) is 2.66. The molecule has 0 aromatic heterocycles. The third-order valence-corrected chi connectivity index (χ3v) is 5.05. The second-order valence-electron chi connectivity index (χ2n) is 8.54. The van der Waals surface area contributed by atoms with Gasteiger partial charge < -0.3 is 14.4 Å². The molecular weight excluding hydrogens is 350 g/mol. The van der Waals surface area contributed by atoms with Crippen LogP contribution in [0.25, 0.3) is 0 Å². The van der Waals surface area contributed by atoms with Gasteiger partial charge in [0.25, 0.3) is 0 Å². The zero-order valence-electron chi connectivity index (χ0n) is 17.4. The van der Waals surface area contributed by atoms with E-state index in [4.69, 9.17) is 9.47 Å². The van der Waals surface area contributed by atoms with Crippen molar-refractivity contribution in [3.05, 3.63) is 65.2 Å². The van der Waals surface area contributed by atoms with Gasteiger partial charge in [0.1, 0.15) is 18.0 Å². The Morgan fingerprint density at radius 3 is 2.36 bits per heavy atom. The van der Waals surface area contributed by atoms with Crippen LogP contribution in [0, 0.1) is 6.92 Å². The molecule has 0 bridgehead atoms. The molecule has 150 valence electrons. The highest BCUT2D eigenvalue weighted by Gasteiger charge is 2.27. The fourth-order valence-corrected chi connectivity index (χ4v) is 3.55. The topological polar surface area (TPSA) is 38.8 Å². The summed E-state index contributed by atoms with van der Waals surface area (Å²) in [6.45, 7) is 9.87. The Labute approximate surface area is 168 Å². The van der Waals surface area contributed by atoms with Gasteiger partial charge in [-0.1, -0.05) is 42.5 Å². The third-order valence-electron chi connectivity index (χ3n) is 5.05. The first-order chi connectivity index (χ1) is 13.3. The molecule has 4 nitrogen and oxygen atoms in total. The minimum atomic E-state index is -0.444. The van der Waals surface area contributed by atoms with Gasteiger partial charge in [-0.25, -0.2) is 4.79 Å². The smallest absolute Gasteiger partial charge is 0.410 e. The van der Waals surface area contributed by atoms with Crippen molar-refractivity contribution in [2.75, 3.05) is 13.1 Å². The maximum atomic E-state index is 12.2. The quantitative estimate of drug-likeness (QED) is 0.683. The van der Waals surface area contributed by atoms with E-state index in [0.717, 1.165) is 37.2 Å². The lowest BCUT2D eigenvalue weighted by Gasteiger charge is -2.33. The van der Waals surface area contributed by atoms with E-state index in [-0.39, 0.29) is 6.09 Å². The number of carbonyl (C=O) groups is 1. The van der Waals surface area contributed by atoms with Crippen LogP contribution in [0.15, 0.2) is 48.5 Å². The van der Waals surface area contributed by atoms with E-state index in [1.165, 1.54) is 11.1 Å². The Balaban J connectivity index is 1.55. The van der Waals surface area contributed by atoms with E-state index in [0.29, 0.717) is 12.5 Å². The van der Waals surface area contributed by atoms with Crippen LogP contribution >= 0.6 is 0 Å². The largest absolute Gasteiger partial charge is 0.489 e. The van der Waals surface area contributed by atoms with Crippen LogP contribution in [0.4, 0.5) is 4.79 Å². The molecule has 0 spiro atoms. The van der Waals surface area contributed by atoms with E-state index in [9.17, 15) is 4.79 Å². The molecule has 0 atom stereocenters. The van der Waals surface area contributed by atoms with Crippen LogP contribution in [-0.4, -0.2) is 29.7 Å². The van der Waals surface area contributed by atoms with Crippen LogP contribution in [0.2, 0.25) is 0 Å². The number of nitrogens with zero attached hydrogens (tertiary/aromatic N) is 1. The van der Waals surface area contributed by atoms with Gasteiger partial charge in [0.15, 0.2) is 0 Å². The molecule has 2 aromatic rings. The fourth-order valence-electron chi connectivity index (χ4n) is 3.55. The maximum Gasteiger partial charge on any atom is 0.410 e. The summed E-state index contributed by atoms with van der Waals surface area (Å²) < 4.78 is 11.5. The van der Waals surface area contributed by atoms with Crippen molar-refractivity contribution in [1.82, 2.24) is 4.90 Å². The molecule has 28 heavy (non-hydrogen) atoms. The summed E-state index contributed by atoms with van der Waals surface area (Å²) in [4.78, 5) is 14.1. The highest BCUT2D eigenvalue weighted by atomic mass is 16.6. The van der Waals surface area contributed by atoms with Crippen molar-refractivity contribution in [3.63, 3.8) is 0 Å². The molecule has 1 fully saturated rings. The molecule has 1 aliphatic heterocycles. The second kappa shape index (κ2) is 8.68. The first-order valence-electron chi connectivity index (χ1n) is 10.1. The molecule has 0 N–H and O–H groups in total. The molecule has 0 unspecified atom stereocenters. The standard InChI is InChI=1S/C24H31NO3/c1-18-16-21(10-11-22(18)27-17-19-8-6-5-7-9-19)20-12-14-25(15-13-20)23(26)28-24(2,3)4/h5-11,16,20H,12-15,17H2,1-4H3. The molecule has 0 saturated carbocycles. The van der Waals surface area contributed by atoms with Crippen molar-refractivity contribution < 1.29 is 14.3 Å². The first-order valence-corrected chi connectivity index (χ1v) is 10.1. The number of likely N-dealkylation sites (tertiary alicyclic amines) is 1. The van der Waals surface area contributed by atoms with E-state index < -0.39 is 5.60 Å². The van der Waals surface area contributed by atoms with Crippen LogP contribution in [0.5, 0.6) is 5.75 Å². The molecule has 1 heterocycles. The van der Waals surface area contributed by atoms with Crippen molar-refractivity contribution >= 4 is 6.09 Å².